The third-order valence-corrected chi connectivity index (χ3v) is 3.73. The maximum Gasteiger partial charge on any atom is 0.313 e. The number of aliphatic carboxylic acids is 1. The van der Waals surface area contributed by atoms with Gasteiger partial charge in [-0.15, -0.1) is 11.8 Å². The summed E-state index contributed by atoms with van der Waals surface area (Å²) in [4.78, 5) is 10.5. The van der Waals surface area contributed by atoms with Gasteiger partial charge in [0, 0.05) is 24.1 Å². The lowest BCUT2D eigenvalue weighted by Gasteiger charge is -2.17. The van der Waals surface area contributed by atoms with E-state index in [4.69, 9.17) is 5.11 Å². The van der Waals surface area contributed by atoms with Gasteiger partial charge in [-0.2, -0.15) is 12.6 Å². The molecule has 1 unspecified atom stereocenters. The minimum atomic E-state index is -0.757. The summed E-state index contributed by atoms with van der Waals surface area (Å²) in [6.07, 6.45) is 0.918. The smallest absolute Gasteiger partial charge is 0.313 e. The van der Waals surface area contributed by atoms with Crippen molar-refractivity contribution in [3.63, 3.8) is 0 Å². The Hall–Kier alpha value is -0.650. The van der Waals surface area contributed by atoms with Crippen molar-refractivity contribution in [2.45, 2.75) is 12.5 Å². The van der Waals surface area contributed by atoms with Crippen molar-refractivity contribution in [3.8, 4) is 0 Å². The average molecular weight is 285 g/mol. The van der Waals surface area contributed by atoms with Crippen LogP contribution in [0.25, 0.3) is 0 Å². The first-order chi connectivity index (χ1) is 8.72. The second kappa shape index (κ2) is 9.30. The molecule has 0 aliphatic rings. The lowest BCUT2D eigenvalue weighted by atomic mass is 10.1. The van der Waals surface area contributed by atoms with Crippen molar-refractivity contribution < 1.29 is 9.90 Å². The Morgan fingerprint density at radius 1 is 1.39 bits per heavy atom. The highest BCUT2D eigenvalue weighted by Crippen LogP contribution is 2.09. The fraction of sp³-hybridized carbons (Fsp3) is 0.462. The van der Waals surface area contributed by atoms with E-state index in [9.17, 15) is 4.79 Å². The molecule has 18 heavy (non-hydrogen) atoms. The molecule has 1 atom stereocenters. The fourth-order valence-corrected chi connectivity index (χ4v) is 2.59. The molecule has 1 aromatic rings. The molecule has 0 saturated heterocycles. The summed E-state index contributed by atoms with van der Waals surface area (Å²) in [7, 11) is 0. The Kier molecular flexibility index (Phi) is 7.96. The Morgan fingerprint density at radius 2 is 2.11 bits per heavy atom. The minimum Gasteiger partial charge on any atom is -0.481 e. The normalized spacial score (nSPS) is 12.3. The molecule has 0 bridgehead atoms. The monoisotopic (exact) mass is 285 g/mol. The topological polar surface area (TPSA) is 49.3 Å². The van der Waals surface area contributed by atoms with Gasteiger partial charge in [0.1, 0.15) is 0 Å². The van der Waals surface area contributed by atoms with Crippen LogP contribution in [0.2, 0.25) is 0 Å². The molecular formula is C13H19NO2S2. The summed E-state index contributed by atoms with van der Waals surface area (Å²) in [5.74, 6) is 0.991. The number of carbonyl (C=O) groups is 1. The van der Waals surface area contributed by atoms with Gasteiger partial charge in [-0.3, -0.25) is 4.79 Å². The van der Waals surface area contributed by atoms with Crippen molar-refractivity contribution in [1.82, 2.24) is 5.32 Å². The number of hydrogen-bond acceptors (Lipinski definition) is 4. The molecule has 0 amide bonds. The molecule has 0 saturated carbocycles. The van der Waals surface area contributed by atoms with Crippen LogP contribution in [0, 0.1) is 0 Å². The van der Waals surface area contributed by atoms with Crippen LogP contribution in [-0.2, 0) is 11.2 Å². The highest BCUT2D eigenvalue weighted by Gasteiger charge is 2.10. The standard InChI is InChI=1S/C13H19NO2S2/c15-13(16)10-18-9-12(14-6-7-17)8-11-4-2-1-3-5-11/h1-5,12,14,17H,6-10H2,(H,15,16). The van der Waals surface area contributed by atoms with E-state index in [0.29, 0.717) is 6.04 Å². The first-order valence-corrected chi connectivity index (χ1v) is 7.68. The van der Waals surface area contributed by atoms with Gasteiger partial charge in [-0.25, -0.2) is 0 Å². The predicted octanol–water partition coefficient (Wildman–Crippen LogP) is 1.93. The lowest BCUT2D eigenvalue weighted by molar-refractivity contribution is -0.133. The van der Waals surface area contributed by atoms with Gasteiger partial charge in [-0.05, 0) is 12.0 Å². The molecule has 5 heteroatoms. The van der Waals surface area contributed by atoms with Crippen LogP contribution < -0.4 is 5.32 Å². The van der Waals surface area contributed by atoms with Gasteiger partial charge in [0.15, 0.2) is 0 Å². The second-order valence-electron chi connectivity index (χ2n) is 3.97. The van der Waals surface area contributed by atoms with Gasteiger partial charge in [-0.1, -0.05) is 30.3 Å². The molecule has 1 rings (SSSR count). The number of carboxylic acid groups (broad SMARTS) is 1. The van der Waals surface area contributed by atoms with E-state index in [0.717, 1.165) is 24.5 Å². The van der Waals surface area contributed by atoms with Gasteiger partial charge < -0.3 is 10.4 Å². The van der Waals surface area contributed by atoms with Crippen molar-refractivity contribution >= 4 is 30.4 Å². The third-order valence-electron chi connectivity index (χ3n) is 2.41. The van der Waals surface area contributed by atoms with Crippen LogP contribution in [0.4, 0.5) is 0 Å². The molecule has 0 spiro atoms. The molecule has 1 aromatic carbocycles. The Labute approximate surface area is 118 Å². The van der Waals surface area contributed by atoms with Crippen molar-refractivity contribution in [3.05, 3.63) is 35.9 Å². The molecule has 3 nitrogen and oxygen atoms in total. The molecule has 0 radical (unpaired) electrons. The van der Waals surface area contributed by atoms with E-state index < -0.39 is 5.97 Å². The van der Waals surface area contributed by atoms with Crippen LogP contribution in [0.1, 0.15) is 5.56 Å². The van der Waals surface area contributed by atoms with Crippen molar-refractivity contribution in [2.75, 3.05) is 23.8 Å². The number of thioether (sulfide) groups is 1. The van der Waals surface area contributed by atoms with Crippen molar-refractivity contribution in [2.24, 2.45) is 0 Å². The lowest BCUT2D eigenvalue weighted by Crippen LogP contribution is -2.35. The Bertz CT molecular complexity index is 346. The van der Waals surface area contributed by atoms with Crippen molar-refractivity contribution in [1.29, 1.82) is 0 Å². The van der Waals surface area contributed by atoms with Crippen LogP contribution in [0.5, 0.6) is 0 Å². The average Bonchev–Trinajstić information content (AvgIpc) is 2.36. The first-order valence-electron chi connectivity index (χ1n) is 5.90. The minimum absolute atomic E-state index is 0.161. The molecule has 100 valence electrons. The maximum absolute atomic E-state index is 10.5. The SMILES string of the molecule is O=C(O)CSCC(Cc1ccccc1)NCCS. The zero-order valence-corrected chi connectivity index (χ0v) is 11.9. The zero-order chi connectivity index (χ0) is 13.2. The van der Waals surface area contributed by atoms with Gasteiger partial charge >= 0.3 is 5.97 Å². The number of rotatable bonds is 9. The first kappa shape index (κ1) is 15.4. The van der Waals surface area contributed by atoms with Crippen LogP contribution in [0.3, 0.4) is 0 Å². The summed E-state index contributed by atoms with van der Waals surface area (Å²) < 4.78 is 0. The maximum atomic E-state index is 10.5. The van der Waals surface area contributed by atoms with E-state index >= 15 is 0 Å². The molecule has 0 aromatic heterocycles. The van der Waals surface area contributed by atoms with Crippen LogP contribution in [0.15, 0.2) is 30.3 Å². The van der Waals surface area contributed by atoms with Crippen LogP contribution >= 0.6 is 24.4 Å². The van der Waals surface area contributed by atoms with Crippen LogP contribution in [-0.4, -0.2) is 40.9 Å². The summed E-state index contributed by atoms with van der Waals surface area (Å²) in [5.41, 5.74) is 1.27. The van der Waals surface area contributed by atoms with E-state index in [1.54, 1.807) is 0 Å². The quantitative estimate of drug-likeness (QED) is 0.607. The number of benzene rings is 1. The van der Waals surface area contributed by atoms with Gasteiger partial charge in [0.2, 0.25) is 0 Å². The number of thiol groups is 1. The van der Waals surface area contributed by atoms with Gasteiger partial charge in [0.05, 0.1) is 5.75 Å². The number of nitrogens with one attached hydrogen (secondary N) is 1. The highest BCUT2D eigenvalue weighted by atomic mass is 32.2. The highest BCUT2D eigenvalue weighted by molar-refractivity contribution is 7.99. The summed E-state index contributed by atoms with van der Waals surface area (Å²) >= 11 is 5.63. The molecule has 2 N–H and O–H groups in total. The summed E-state index contributed by atoms with van der Waals surface area (Å²) in [5, 5.41) is 12.0. The summed E-state index contributed by atoms with van der Waals surface area (Å²) in [6, 6.07) is 10.5. The van der Waals surface area contributed by atoms with E-state index in [1.807, 2.05) is 18.2 Å². The largest absolute Gasteiger partial charge is 0.481 e. The fourth-order valence-electron chi connectivity index (χ4n) is 1.65. The Balaban J connectivity index is 2.42. The number of hydrogen-bond donors (Lipinski definition) is 3. The molecule has 0 fully saturated rings. The molecular weight excluding hydrogens is 266 g/mol. The Morgan fingerprint density at radius 3 is 2.72 bits per heavy atom. The van der Waals surface area contributed by atoms with Gasteiger partial charge in [0.25, 0.3) is 0 Å². The third kappa shape index (κ3) is 6.93. The predicted molar refractivity (Wildman–Crippen MR) is 80.8 cm³/mol. The summed E-state index contributed by atoms with van der Waals surface area (Å²) in [6.45, 7) is 0.842. The van der Waals surface area contributed by atoms with E-state index in [1.165, 1.54) is 17.3 Å². The number of carboxylic acids is 1. The zero-order valence-electron chi connectivity index (χ0n) is 10.2. The molecule has 0 aliphatic heterocycles. The second-order valence-corrected chi connectivity index (χ2v) is 5.45. The van der Waals surface area contributed by atoms with E-state index in [2.05, 4.69) is 30.1 Å². The molecule has 0 aliphatic carbocycles. The molecule has 0 heterocycles. The van der Waals surface area contributed by atoms with E-state index in [-0.39, 0.29) is 5.75 Å².